The van der Waals surface area contributed by atoms with Crippen LogP contribution in [0.1, 0.15) is 16.9 Å². The molecule has 2 heterocycles. The largest absolute Gasteiger partial charge is 0.497 e. The first-order valence-corrected chi connectivity index (χ1v) is 11.6. The first-order chi connectivity index (χ1) is 15.3. The molecule has 32 heavy (non-hydrogen) atoms. The van der Waals surface area contributed by atoms with Gasteiger partial charge < -0.3 is 9.64 Å². The number of sulfone groups is 1. The topological polar surface area (TPSA) is 125 Å². The molecule has 1 amide bonds. The predicted octanol–water partition coefficient (Wildman–Crippen LogP) is 2.62. The van der Waals surface area contributed by atoms with E-state index in [9.17, 15) is 23.3 Å². The first kappa shape index (κ1) is 21.5. The van der Waals surface area contributed by atoms with E-state index in [1.807, 2.05) is 0 Å². The molecule has 166 valence electrons. The van der Waals surface area contributed by atoms with Crippen LogP contribution in [-0.4, -0.2) is 53.7 Å². The molecule has 4 rings (SSSR count). The molecule has 11 heteroatoms. The fraction of sp³-hybridized carbons (Fsp3) is 0.238. The van der Waals surface area contributed by atoms with E-state index in [-0.39, 0.29) is 22.9 Å². The van der Waals surface area contributed by atoms with Gasteiger partial charge in [-0.2, -0.15) is 5.10 Å². The van der Waals surface area contributed by atoms with E-state index in [0.29, 0.717) is 23.5 Å². The molecule has 0 saturated carbocycles. The summed E-state index contributed by atoms with van der Waals surface area (Å²) in [5, 5.41) is 15.3. The number of hydrogen-bond acceptors (Lipinski definition) is 7. The Morgan fingerprint density at radius 1 is 1.22 bits per heavy atom. The van der Waals surface area contributed by atoms with Gasteiger partial charge in [0.05, 0.1) is 35.3 Å². The van der Waals surface area contributed by atoms with Crippen molar-refractivity contribution in [3.8, 4) is 11.4 Å². The zero-order chi connectivity index (χ0) is 22.9. The van der Waals surface area contributed by atoms with Crippen LogP contribution in [0.25, 0.3) is 5.69 Å². The van der Waals surface area contributed by atoms with E-state index in [4.69, 9.17) is 4.74 Å². The summed E-state index contributed by atoms with van der Waals surface area (Å²) < 4.78 is 30.7. The number of anilines is 1. The van der Waals surface area contributed by atoms with Gasteiger partial charge in [0.1, 0.15) is 5.75 Å². The highest BCUT2D eigenvalue weighted by Crippen LogP contribution is 2.28. The quantitative estimate of drug-likeness (QED) is 0.412. The monoisotopic (exact) mass is 456 g/mol. The number of nitrogens with zero attached hydrogens (tertiary/aromatic N) is 4. The van der Waals surface area contributed by atoms with Crippen LogP contribution in [0.15, 0.2) is 60.8 Å². The van der Waals surface area contributed by atoms with E-state index in [0.717, 1.165) is 0 Å². The third-order valence-electron chi connectivity index (χ3n) is 5.26. The Kier molecular flexibility index (Phi) is 5.66. The SMILES string of the molecule is COc1ccc(N(C(=O)c2ccn(-c3cccc([N+](=O)[O-])c3)n2)[C@@H]2CCS(=O)(=O)C2)cc1. The van der Waals surface area contributed by atoms with E-state index >= 15 is 0 Å². The molecule has 0 spiro atoms. The molecule has 0 radical (unpaired) electrons. The zero-order valence-electron chi connectivity index (χ0n) is 17.1. The van der Waals surface area contributed by atoms with Crippen molar-refractivity contribution in [1.82, 2.24) is 9.78 Å². The molecule has 1 atom stereocenters. The van der Waals surface area contributed by atoms with Crippen LogP contribution in [0, 0.1) is 10.1 Å². The lowest BCUT2D eigenvalue weighted by Crippen LogP contribution is -2.41. The molecule has 0 bridgehead atoms. The van der Waals surface area contributed by atoms with Gasteiger partial charge >= 0.3 is 0 Å². The number of non-ortho nitro benzene ring substituents is 1. The Morgan fingerprint density at radius 2 is 1.97 bits per heavy atom. The minimum Gasteiger partial charge on any atom is -0.497 e. The molecule has 0 aliphatic carbocycles. The molecule has 0 unspecified atom stereocenters. The van der Waals surface area contributed by atoms with Gasteiger partial charge in [0, 0.05) is 24.0 Å². The lowest BCUT2D eigenvalue weighted by atomic mass is 10.1. The van der Waals surface area contributed by atoms with Crippen molar-refractivity contribution in [2.24, 2.45) is 0 Å². The molecule has 3 aromatic rings. The molecule has 1 aliphatic rings. The fourth-order valence-electron chi connectivity index (χ4n) is 3.67. The summed E-state index contributed by atoms with van der Waals surface area (Å²) in [5.74, 6) is 0.0346. The maximum Gasteiger partial charge on any atom is 0.279 e. The van der Waals surface area contributed by atoms with Crippen LogP contribution in [0.4, 0.5) is 11.4 Å². The van der Waals surface area contributed by atoms with Crippen LogP contribution in [0.2, 0.25) is 0 Å². The second-order valence-corrected chi connectivity index (χ2v) is 9.58. The molecular weight excluding hydrogens is 436 g/mol. The fourth-order valence-corrected chi connectivity index (χ4v) is 5.37. The first-order valence-electron chi connectivity index (χ1n) is 9.76. The third-order valence-corrected chi connectivity index (χ3v) is 7.01. The minimum atomic E-state index is -3.24. The van der Waals surface area contributed by atoms with Crippen LogP contribution in [-0.2, 0) is 9.84 Å². The Labute approximate surface area is 184 Å². The summed E-state index contributed by atoms with van der Waals surface area (Å²) in [6, 6.07) is 13.6. The number of carbonyl (C=O) groups excluding carboxylic acids is 1. The minimum absolute atomic E-state index is 0.0136. The Hall–Kier alpha value is -3.73. The van der Waals surface area contributed by atoms with Crippen molar-refractivity contribution in [3.05, 3.63) is 76.6 Å². The van der Waals surface area contributed by atoms with Crippen molar-refractivity contribution in [3.63, 3.8) is 0 Å². The maximum absolute atomic E-state index is 13.4. The van der Waals surface area contributed by atoms with Crippen LogP contribution in [0.5, 0.6) is 5.75 Å². The number of hydrogen-bond donors (Lipinski definition) is 0. The Balaban J connectivity index is 1.68. The van der Waals surface area contributed by atoms with E-state index in [1.54, 1.807) is 30.3 Å². The highest BCUT2D eigenvalue weighted by molar-refractivity contribution is 7.91. The lowest BCUT2D eigenvalue weighted by Gasteiger charge is -2.27. The van der Waals surface area contributed by atoms with Crippen molar-refractivity contribution in [2.45, 2.75) is 12.5 Å². The van der Waals surface area contributed by atoms with E-state index < -0.39 is 26.7 Å². The second-order valence-electron chi connectivity index (χ2n) is 7.35. The number of benzene rings is 2. The highest BCUT2D eigenvalue weighted by Gasteiger charge is 2.36. The summed E-state index contributed by atoms with van der Waals surface area (Å²) in [6.07, 6.45) is 1.86. The Morgan fingerprint density at radius 3 is 2.59 bits per heavy atom. The number of aromatic nitrogens is 2. The standard InChI is InChI=1S/C21H20N4O6S/c1-31-19-7-5-15(6-8-19)24(18-10-12-32(29,30)14-18)21(26)20-9-11-23(22-20)16-3-2-4-17(13-16)25(27)28/h2-9,11,13,18H,10,12,14H2,1H3/t18-/m1/s1. The average Bonchev–Trinajstić information content (AvgIpc) is 3.41. The predicted molar refractivity (Wildman–Crippen MR) is 117 cm³/mol. The summed E-state index contributed by atoms with van der Waals surface area (Å²) >= 11 is 0. The number of nitro benzene ring substituents is 1. The summed E-state index contributed by atoms with van der Waals surface area (Å²) in [6.45, 7) is 0. The van der Waals surface area contributed by atoms with Gasteiger partial charge in [0.15, 0.2) is 15.5 Å². The lowest BCUT2D eigenvalue weighted by molar-refractivity contribution is -0.384. The van der Waals surface area contributed by atoms with E-state index in [1.165, 1.54) is 47.2 Å². The molecule has 0 N–H and O–H groups in total. The number of ether oxygens (including phenoxy) is 1. The zero-order valence-corrected chi connectivity index (χ0v) is 17.9. The van der Waals surface area contributed by atoms with Gasteiger partial charge in [-0.3, -0.25) is 14.9 Å². The molecule has 1 fully saturated rings. The number of rotatable bonds is 6. The van der Waals surface area contributed by atoms with Crippen molar-refractivity contribution in [1.29, 1.82) is 0 Å². The summed E-state index contributed by atoms with van der Waals surface area (Å²) in [7, 11) is -1.71. The van der Waals surface area contributed by atoms with Gasteiger partial charge in [0.25, 0.3) is 11.6 Å². The van der Waals surface area contributed by atoms with Gasteiger partial charge in [-0.25, -0.2) is 13.1 Å². The van der Waals surface area contributed by atoms with Crippen molar-refractivity contribution in [2.75, 3.05) is 23.5 Å². The number of methoxy groups -OCH3 is 1. The summed E-state index contributed by atoms with van der Waals surface area (Å²) in [4.78, 5) is 25.4. The number of nitro groups is 1. The number of carbonyl (C=O) groups is 1. The Bertz CT molecular complexity index is 1270. The van der Waals surface area contributed by atoms with Crippen LogP contribution >= 0.6 is 0 Å². The number of amides is 1. The smallest absolute Gasteiger partial charge is 0.279 e. The molecule has 2 aromatic carbocycles. The van der Waals surface area contributed by atoms with Crippen LogP contribution < -0.4 is 9.64 Å². The molecular formula is C21H20N4O6S. The van der Waals surface area contributed by atoms with E-state index in [2.05, 4.69) is 5.10 Å². The maximum atomic E-state index is 13.4. The molecule has 10 nitrogen and oxygen atoms in total. The molecule has 1 aliphatic heterocycles. The normalized spacial score (nSPS) is 17.1. The average molecular weight is 456 g/mol. The molecule has 1 aromatic heterocycles. The second kappa shape index (κ2) is 8.42. The van der Waals surface area contributed by atoms with Gasteiger partial charge in [-0.1, -0.05) is 6.07 Å². The summed E-state index contributed by atoms with van der Waals surface area (Å²) in [5.41, 5.74) is 0.957. The highest BCUT2D eigenvalue weighted by atomic mass is 32.2. The van der Waals surface area contributed by atoms with Gasteiger partial charge in [-0.15, -0.1) is 0 Å². The van der Waals surface area contributed by atoms with Gasteiger partial charge in [0.2, 0.25) is 0 Å². The van der Waals surface area contributed by atoms with Crippen LogP contribution in [0.3, 0.4) is 0 Å². The van der Waals surface area contributed by atoms with Gasteiger partial charge in [-0.05, 0) is 42.8 Å². The molecule has 1 saturated heterocycles. The third kappa shape index (κ3) is 4.33. The van der Waals surface area contributed by atoms with Crippen molar-refractivity contribution < 1.29 is 22.9 Å². The van der Waals surface area contributed by atoms with Crippen molar-refractivity contribution >= 4 is 27.1 Å².